The van der Waals surface area contributed by atoms with Crippen molar-refractivity contribution in [3.63, 3.8) is 0 Å². The topological polar surface area (TPSA) is 71.2 Å². The van der Waals surface area contributed by atoms with Crippen LogP contribution in [0.3, 0.4) is 0 Å². The largest absolute Gasteiger partial charge is 0.378 e. The number of hydrogen-bond donors (Lipinski definition) is 2. The summed E-state index contributed by atoms with van der Waals surface area (Å²) in [5.41, 5.74) is 9.53. The third kappa shape index (κ3) is 3.99. The average molecular weight is 338 g/mol. The molecule has 1 saturated carbocycles. The molecule has 1 heterocycles. The van der Waals surface area contributed by atoms with Gasteiger partial charge in [-0.3, -0.25) is 9.78 Å². The number of nitrogens with one attached hydrogen (secondary N) is 1. The Bertz CT molecular complexity index is 727. The number of hydrogen-bond acceptors (Lipinski definition) is 4. The monoisotopic (exact) mass is 338 g/mol. The van der Waals surface area contributed by atoms with Gasteiger partial charge >= 0.3 is 0 Å². The number of carbonyl (C=O) groups excluding carboxylic acids is 1. The number of nitrogens with zero attached hydrogens (tertiary/aromatic N) is 2. The lowest BCUT2D eigenvalue weighted by Gasteiger charge is -2.19. The zero-order valence-corrected chi connectivity index (χ0v) is 14.9. The van der Waals surface area contributed by atoms with E-state index in [2.05, 4.69) is 39.5 Å². The van der Waals surface area contributed by atoms with E-state index in [-0.39, 0.29) is 11.9 Å². The second kappa shape index (κ2) is 7.66. The average Bonchev–Trinajstić information content (AvgIpc) is 3.09. The van der Waals surface area contributed by atoms with E-state index < -0.39 is 0 Å². The zero-order valence-electron chi connectivity index (χ0n) is 14.9. The van der Waals surface area contributed by atoms with Gasteiger partial charge in [-0.05, 0) is 49.1 Å². The maximum absolute atomic E-state index is 12.6. The summed E-state index contributed by atoms with van der Waals surface area (Å²) < 4.78 is 0. The highest BCUT2D eigenvalue weighted by Crippen LogP contribution is 2.26. The minimum absolute atomic E-state index is 0.0652. The van der Waals surface area contributed by atoms with Crippen molar-refractivity contribution in [2.24, 2.45) is 11.7 Å². The van der Waals surface area contributed by atoms with Crippen molar-refractivity contribution in [3.8, 4) is 11.1 Å². The molecule has 0 radical (unpaired) electrons. The Morgan fingerprint density at radius 2 is 1.96 bits per heavy atom. The fourth-order valence-electron chi connectivity index (χ4n) is 3.43. The Morgan fingerprint density at radius 3 is 2.64 bits per heavy atom. The quantitative estimate of drug-likeness (QED) is 0.879. The van der Waals surface area contributed by atoms with Gasteiger partial charge in [0.05, 0.1) is 5.56 Å². The van der Waals surface area contributed by atoms with E-state index >= 15 is 0 Å². The number of pyridine rings is 1. The number of amides is 1. The van der Waals surface area contributed by atoms with E-state index in [1.807, 2.05) is 20.2 Å². The van der Waals surface area contributed by atoms with Gasteiger partial charge in [-0.25, -0.2) is 0 Å². The van der Waals surface area contributed by atoms with Crippen LogP contribution in [0.25, 0.3) is 11.1 Å². The molecule has 5 nitrogen and oxygen atoms in total. The van der Waals surface area contributed by atoms with E-state index in [0.717, 1.165) is 36.1 Å². The highest BCUT2D eigenvalue weighted by Gasteiger charge is 2.27. The second-order valence-electron chi connectivity index (χ2n) is 6.91. The zero-order chi connectivity index (χ0) is 17.8. The number of aromatic nitrogens is 1. The summed E-state index contributed by atoms with van der Waals surface area (Å²) in [5, 5.41) is 3.13. The maximum Gasteiger partial charge on any atom is 0.253 e. The molecule has 0 spiro atoms. The minimum atomic E-state index is -0.0652. The van der Waals surface area contributed by atoms with Gasteiger partial charge in [-0.1, -0.05) is 18.6 Å². The van der Waals surface area contributed by atoms with Gasteiger partial charge in [0.2, 0.25) is 0 Å². The SMILES string of the molecule is CN(C)c1ccc(-c2cncc(C(=O)NC3CCCC3CN)c2)cc1. The van der Waals surface area contributed by atoms with E-state index in [4.69, 9.17) is 5.73 Å². The van der Waals surface area contributed by atoms with Crippen molar-refractivity contribution in [2.45, 2.75) is 25.3 Å². The Balaban J connectivity index is 1.75. The molecular weight excluding hydrogens is 312 g/mol. The molecule has 0 saturated heterocycles. The van der Waals surface area contributed by atoms with Crippen LogP contribution in [-0.2, 0) is 0 Å². The molecule has 132 valence electrons. The third-order valence-corrected chi connectivity index (χ3v) is 5.00. The van der Waals surface area contributed by atoms with Crippen molar-refractivity contribution in [1.29, 1.82) is 0 Å². The molecule has 3 rings (SSSR count). The summed E-state index contributed by atoms with van der Waals surface area (Å²) in [5.74, 6) is 0.322. The predicted molar refractivity (Wildman–Crippen MR) is 102 cm³/mol. The first-order valence-corrected chi connectivity index (χ1v) is 8.82. The molecular formula is C20H26N4O. The van der Waals surface area contributed by atoms with Gasteiger partial charge in [-0.2, -0.15) is 0 Å². The predicted octanol–water partition coefficient (Wildman–Crippen LogP) is 2.67. The van der Waals surface area contributed by atoms with Gasteiger partial charge in [-0.15, -0.1) is 0 Å². The van der Waals surface area contributed by atoms with Gasteiger partial charge in [0.25, 0.3) is 5.91 Å². The third-order valence-electron chi connectivity index (χ3n) is 5.00. The van der Waals surface area contributed by atoms with Crippen LogP contribution in [-0.4, -0.2) is 37.6 Å². The first kappa shape index (κ1) is 17.4. The van der Waals surface area contributed by atoms with E-state index in [0.29, 0.717) is 18.0 Å². The summed E-state index contributed by atoms with van der Waals surface area (Å²) >= 11 is 0. The number of anilines is 1. The molecule has 3 N–H and O–H groups in total. The van der Waals surface area contributed by atoms with Crippen LogP contribution in [0.4, 0.5) is 5.69 Å². The minimum Gasteiger partial charge on any atom is -0.378 e. The van der Waals surface area contributed by atoms with Crippen LogP contribution in [0.1, 0.15) is 29.6 Å². The number of nitrogens with two attached hydrogens (primary N) is 1. The van der Waals surface area contributed by atoms with Crippen LogP contribution in [0.5, 0.6) is 0 Å². The first-order valence-electron chi connectivity index (χ1n) is 8.82. The van der Waals surface area contributed by atoms with Gasteiger partial charge in [0, 0.05) is 43.8 Å². The number of carbonyl (C=O) groups is 1. The molecule has 1 aromatic heterocycles. The van der Waals surface area contributed by atoms with Crippen LogP contribution in [0.15, 0.2) is 42.7 Å². The molecule has 25 heavy (non-hydrogen) atoms. The van der Waals surface area contributed by atoms with Crippen LogP contribution < -0.4 is 16.0 Å². The van der Waals surface area contributed by atoms with Crippen LogP contribution in [0, 0.1) is 5.92 Å². The van der Waals surface area contributed by atoms with Crippen molar-refractivity contribution >= 4 is 11.6 Å². The molecule has 5 heteroatoms. The molecule has 1 fully saturated rings. The first-order chi connectivity index (χ1) is 12.1. The number of benzene rings is 1. The molecule has 2 atom stereocenters. The highest BCUT2D eigenvalue weighted by molar-refractivity contribution is 5.95. The molecule has 2 unspecified atom stereocenters. The number of rotatable bonds is 5. The fourth-order valence-corrected chi connectivity index (χ4v) is 3.43. The smallest absolute Gasteiger partial charge is 0.253 e. The van der Waals surface area contributed by atoms with Gasteiger partial charge in [0.15, 0.2) is 0 Å². The molecule has 1 amide bonds. The Morgan fingerprint density at radius 1 is 1.20 bits per heavy atom. The fraction of sp³-hybridized carbons (Fsp3) is 0.400. The summed E-state index contributed by atoms with van der Waals surface area (Å²) in [4.78, 5) is 18.9. The molecule has 0 bridgehead atoms. The van der Waals surface area contributed by atoms with E-state index in [9.17, 15) is 4.79 Å². The second-order valence-corrected chi connectivity index (χ2v) is 6.91. The highest BCUT2D eigenvalue weighted by atomic mass is 16.1. The Hall–Kier alpha value is -2.40. The van der Waals surface area contributed by atoms with Crippen molar-refractivity contribution < 1.29 is 4.79 Å². The molecule has 1 aliphatic rings. The Labute approximate surface area is 149 Å². The van der Waals surface area contributed by atoms with Crippen LogP contribution in [0.2, 0.25) is 0 Å². The summed E-state index contributed by atoms with van der Waals surface area (Å²) in [6.07, 6.45) is 6.65. The van der Waals surface area contributed by atoms with E-state index in [1.165, 1.54) is 0 Å². The molecule has 1 aliphatic carbocycles. The van der Waals surface area contributed by atoms with E-state index in [1.54, 1.807) is 12.4 Å². The van der Waals surface area contributed by atoms with Gasteiger partial charge < -0.3 is 16.0 Å². The normalized spacial score (nSPS) is 19.6. The molecule has 1 aromatic carbocycles. The van der Waals surface area contributed by atoms with Crippen molar-refractivity contribution in [2.75, 3.05) is 25.5 Å². The van der Waals surface area contributed by atoms with Gasteiger partial charge in [0.1, 0.15) is 0 Å². The molecule has 2 aromatic rings. The maximum atomic E-state index is 12.6. The lowest BCUT2D eigenvalue weighted by Crippen LogP contribution is -2.39. The van der Waals surface area contributed by atoms with Crippen molar-refractivity contribution in [1.82, 2.24) is 10.3 Å². The molecule has 0 aliphatic heterocycles. The summed E-state index contributed by atoms with van der Waals surface area (Å²) in [6, 6.07) is 10.3. The standard InChI is InChI=1S/C20H26N4O/c1-24(2)18-8-6-14(7-9-18)16-10-17(13-22-12-16)20(25)23-19-5-3-4-15(19)11-21/h6-10,12-13,15,19H,3-5,11,21H2,1-2H3,(H,23,25). The lowest BCUT2D eigenvalue weighted by atomic mass is 10.0. The van der Waals surface area contributed by atoms with Crippen LogP contribution >= 0.6 is 0 Å². The van der Waals surface area contributed by atoms with Crippen molar-refractivity contribution in [3.05, 3.63) is 48.3 Å². The summed E-state index contributed by atoms with van der Waals surface area (Å²) in [6.45, 7) is 0.626. The summed E-state index contributed by atoms with van der Waals surface area (Å²) in [7, 11) is 4.03. The Kier molecular flexibility index (Phi) is 5.34. The lowest BCUT2D eigenvalue weighted by molar-refractivity contribution is 0.0928.